The molecule has 1 aromatic carbocycles. The van der Waals surface area contributed by atoms with Crippen LogP contribution in [0.1, 0.15) is 45.4 Å². The Kier molecular flexibility index (Phi) is 7.45. The van der Waals surface area contributed by atoms with E-state index >= 15 is 0 Å². The molecule has 1 aromatic rings. The van der Waals surface area contributed by atoms with Crippen molar-refractivity contribution >= 4 is 11.8 Å². The molecule has 84 valence electrons. The number of rotatable bonds is 8. The van der Waals surface area contributed by atoms with Gasteiger partial charge < -0.3 is 0 Å². The van der Waals surface area contributed by atoms with Crippen LogP contribution in [0.5, 0.6) is 0 Å². The molecule has 0 unspecified atom stereocenters. The van der Waals surface area contributed by atoms with E-state index in [4.69, 9.17) is 0 Å². The lowest BCUT2D eigenvalue weighted by atomic mass is 10.1. The molecule has 0 heterocycles. The van der Waals surface area contributed by atoms with Crippen LogP contribution in [0.2, 0.25) is 0 Å². The van der Waals surface area contributed by atoms with Gasteiger partial charge in [-0.05, 0) is 24.3 Å². The van der Waals surface area contributed by atoms with Crippen LogP contribution in [0, 0.1) is 0 Å². The summed E-state index contributed by atoms with van der Waals surface area (Å²) < 4.78 is 0. The lowest BCUT2D eigenvalue weighted by molar-refractivity contribution is 0.627. The highest BCUT2D eigenvalue weighted by molar-refractivity contribution is 7.99. The van der Waals surface area contributed by atoms with E-state index in [9.17, 15) is 0 Å². The topological polar surface area (TPSA) is 0 Å². The molecule has 0 nitrogen and oxygen atoms in total. The maximum absolute atomic E-state index is 2.27. The Labute approximate surface area is 98.5 Å². The number of unbranched alkanes of at least 4 members (excludes halogenated alkanes) is 5. The predicted octanol–water partition coefficient (Wildman–Crippen LogP) is 5.14. The van der Waals surface area contributed by atoms with Gasteiger partial charge in [0.1, 0.15) is 0 Å². The number of benzene rings is 1. The summed E-state index contributed by atoms with van der Waals surface area (Å²) >= 11 is 1.98. The number of thioether (sulfide) groups is 1. The summed E-state index contributed by atoms with van der Waals surface area (Å²) in [5.41, 5.74) is 0. The highest BCUT2D eigenvalue weighted by Gasteiger charge is 1.93. The van der Waals surface area contributed by atoms with Crippen molar-refractivity contribution in [2.45, 2.75) is 50.3 Å². The van der Waals surface area contributed by atoms with Crippen LogP contribution in [-0.4, -0.2) is 5.75 Å². The van der Waals surface area contributed by atoms with Gasteiger partial charge in [-0.3, -0.25) is 0 Å². The average Bonchev–Trinajstić information content (AvgIpc) is 2.29. The molecule has 0 fully saturated rings. The predicted molar refractivity (Wildman–Crippen MR) is 70.5 cm³/mol. The second-order valence-electron chi connectivity index (χ2n) is 3.93. The van der Waals surface area contributed by atoms with Gasteiger partial charge in [0.2, 0.25) is 0 Å². The molecule has 0 aliphatic carbocycles. The molecule has 0 aliphatic heterocycles. The number of hydrogen-bond acceptors (Lipinski definition) is 1. The Morgan fingerprint density at radius 1 is 0.867 bits per heavy atom. The van der Waals surface area contributed by atoms with Crippen molar-refractivity contribution in [2.75, 3.05) is 5.75 Å². The van der Waals surface area contributed by atoms with Crippen LogP contribution in [0.15, 0.2) is 35.2 Å². The molecule has 1 heteroatoms. The van der Waals surface area contributed by atoms with E-state index in [1.807, 2.05) is 11.8 Å². The SMILES string of the molecule is CCCCCCCCSc1ccccc1. The molecule has 0 radical (unpaired) electrons. The minimum atomic E-state index is 1.27. The van der Waals surface area contributed by atoms with Crippen molar-refractivity contribution in [3.63, 3.8) is 0 Å². The van der Waals surface area contributed by atoms with E-state index in [0.717, 1.165) is 0 Å². The van der Waals surface area contributed by atoms with Crippen LogP contribution < -0.4 is 0 Å². The van der Waals surface area contributed by atoms with E-state index < -0.39 is 0 Å². The molecule has 1 rings (SSSR count). The molecule has 0 saturated heterocycles. The fourth-order valence-electron chi connectivity index (χ4n) is 1.59. The Bertz CT molecular complexity index is 230. The van der Waals surface area contributed by atoms with Crippen molar-refractivity contribution in [3.05, 3.63) is 30.3 Å². The van der Waals surface area contributed by atoms with Gasteiger partial charge in [0, 0.05) is 4.90 Å². The summed E-state index contributed by atoms with van der Waals surface area (Å²) in [4.78, 5) is 1.41. The van der Waals surface area contributed by atoms with Gasteiger partial charge in [0.05, 0.1) is 0 Å². The first-order chi connectivity index (χ1) is 7.43. The summed E-state index contributed by atoms with van der Waals surface area (Å²) in [7, 11) is 0. The third-order valence-electron chi connectivity index (χ3n) is 2.51. The Hall–Kier alpha value is -0.430. The van der Waals surface area contributed by atoms with Gasteiger partial charge in [-0.1, -0.05) is 57.2 Å². The second kappa shape index (κ2) is 8.84. The fraction of sp³-hybridized carbons (Fsp3) is 0.571. The third kappa shape index (κ3) is 6.62. The molecule has 0 spiro atoms. The first-order valence-corrected chi connectivity index (χ1v) is 7.10. The smallest absolute Gasteiger partial charge is 0.00719 e. The summed E-state index contributed by atoms with van der Waals surface area (Å²) in [6.07, 6.45) is 8.36. The van der Waals surface area contributed by atoms with Crippen LogP contribution in [0.4, 0.5) is 0 Å². The summed E-state index contributed by atoms with van der Waals surface area (Å²) in [6, 6.07) is 10.7. The van der Waals surface area contributed by atoms with E-state index in [0.29, 0.717) is 0 Å². The largest absolute Gasteiger partial charge is 0.126 e. The van der Waals surface area contributed by atoms with E-state index in [2.05, 4.69) is 37.3 Å². The van der Waals surface area contributed by atoms with E-state index in [-0.39, 0.29) is 0 Å². The lowest BCUT2D eigenvalue weighted by Crippen LogP contribution is -1.82. The van der Waals surface area contributed by atoms with Gasteiger partial charge in [-0.15, -0.1) is 11.8 Å². The molecule has 0 aliphatic rings. The number of hydrogen-bond donors (Lipinski definition) is 0. The van der Waals surface area contributed by atoms with Gasteiger partial charge in [-0.2, -0.15) is 0 Å². The quantitative estimate of drug-likeness (QED) is 0.433. The van der Waals surface area contributed by atoms with Crippen LogP contribution in [0.25, 0.3) is 0 Å². The average molecular weight is 222 g/mol. The first-order valence-electron chi connectivity index (χ1n) is 6.11. The summed E-state index contributed by atoms with van der Waals surface area (Å²) in [5, 5.41) is 0. The van der Waals surface area contributed by atoms with Crippen LogP contribution in [-0.2, 0) is 0 Å². The van der Waals surface area contributed by atoms with Crippen molar-refractivity contribution < 1.29 is 0 Å². The fourth-order valence-corrected chi connectivity index (χ4v) is 2.52. The van der Waals surface area contributed by atoms with Crippen LogP contribution >= 0.6 is 11.8 Å². The summed E-state index contributed by atoms with van der Waals surface area (Å²) in [6.45, 7) is 2.27. The highest BCUT2D eigenvalue weighted by atomic mass is 32.2. The molecule has 0 amide bonds. The molecular weight excluding hydrogens is 200 g/mol. The zero-order valence-electron chi connectivity index (χ0n) is 9.74. The third-order valence-corrected chi connectivity index (χ3v) is 3.61. The monoisotopic (exact) mass is 222 g/mol. The van der Waals surface area contributed by atoms with Crippen molar-refractivity contribution in [2.24, 2.45) is 0 Å². The Morgan fingerprint density at radius 2 is 1.53 bits per heavy atom. The molecule has 0 atom stereocenters. The van der Waals surface area contributed by atoms with Gasteiger partial charge in [0.25, 0.3) is 0 Å². The van der Waals surface area contributed by atoms with Crippen molar-refractivity contribution in [1.29, 1.82) is 0 Å². The Balaban J connectivity index is 1.93. The van der Waals surface area contributed by atoms with E-state index in [1.54, 1.807) is 0 Å². The normalized spacial score (nSPS) is 10.5. The second-order valence-corrected chi connectivity index (χ2v) is 5.10. The van der Waals surface area contributed by atoms with Crippen LogP contribution in [0.3, 0.4) is 0 Å². The molecule has 0 aromatic heterocycles. The molecule has 0 saturated carbocycles. The minimum Gasteiger partial charge on any atom is -0.126 e. The summed E-state index contributed by atoms with van der Waals surface area (Å²) in [5.74, 6) is 1.27. The lowest BCUT2D eigenvalue weighted by Gasteiger charge is -2.01. The molecule has 0 bridgehead atoms. The van der Waals surface area contributed by atoms with Gasteiger partial charge in [0.15, 0.2) is 0 Å². The minimum absolute atomic E-state index is 1.27. The van der Waals surface area contributed by atoms with E-state index in [1.165, 1.54) is 49.2 Å². The molecule has 0 N–H and O–H groups in total. The molecular formula is C14H22S. The zero-order valence-corrected chi connectivity index (χ0v) is 10.6. The van der Waals surface area contributed by atoms with Gasteiger partial charge in [-0.25, -0.2) is 0 Å². The maximum Gasteiger partial charge on any atom is 0.00719 e. The first kappa shape index (κ1) is 12.6. The zero-order chi connectivity index (χ0) is 10.8. The Morgan fingerprint density at radius 3 is 2.27 bits per heavy atom. The standard InChI is InChI=1S/C14H22S/c1-2-3-4-5-6-10-13-15-14-11-8-7-9-12-14/h7-9,11-12H,2-6,10,13H2,1H3. The maximum atomic E-state index is 2.27. The highest BCUT2D eigenvalue weighted by Crippen LogP contribution is 2.19. The molecule has 15 heavy (non-hydrogen) atoms. The van der Waals surface area contributed by atoms with Crippen molar-refractivity contribution in [1.82, 2.24) is 0 Å². The van der Waals surface area contributed by atoms with Crippen molar-refractivity contribution in [3.8, 4) is 0 Å². The van der Waals surface area contributed by atoms with Gasteiger partial charge >= 0.3 is 0 Å².